The number of carbonyl (C=O) groups excluding carboxylic acids is 2. The molecule has 2 amide bonds. The maximum absolute atomic E-state index is 13.5. The largest absolute Gasteiger partial charge is 0.488 e. The number of hydrogen-bond acceptors (Lipinski definition) is 5. The minimum Gasteiger partial charge on any atom is -0.488 e. The molecule has 0 unspecified atom stereocenters. The maximum Gasteiger partial charge on any atom is 0.285 e. The molecule has 5 nitrogen and oxygen atoms in total. The lowest BCUT2D eigenvalue weighted by molar-refractivity contribution is -0.152. The summed E-state index contributed by atoms with van der Waals surface area (Å²) in [6, 6.07) is 13.2. The van der Waals surface area contributed by atoms with E-state index < -0.39 is 0 Å². The van der Waals surface area contributed by atoms with Gasteiger partial charge >= 0.3 is 0 Å². The van der Waals surface area contributed by atoms with E-state index in [1.54, 1.807) is 6.08 Å². The number of nitrogens with zero attached hydrogens (tertiary/aromatic N) is 1. The number of thioether (sulfide) groups is 1. The topological polar surface area (TPSA) is 58.6 Å². The number of amides is 2. The lowest BCUT2D eigenvalue weighted by atomic mass is 9.49. The lowest BCUT2D eigenvalue weighted by Crippen LogP contribution is -2.57. The predicted molar refractivity (Wildman–Crippen MR) is 154 cm³/mol. The number of ether oxygens (including phenoxy) is 1. The highest BCUT2D eigenvalue weighted by molar-refractivity contribution is 9.10. The van der Waals surface area contributed by atoms with Crippen LogP contribution in [0.2, 0.25) is 5.02 Å². The van der Waals surface area contributed by atoms with Crippen molar-refractivity contribution < 1.29 is 14.3 Å². The second-order valence-electron chi connectivity index (χ2n) is 10.8. The molecule has 9 heteroatoms. The van der Waals surface area contributed by atoms with Gasteiger partial charge in [0.05, 0.1) is 14.8 Å². The van der Waals surface area contributed by atoms with Gasteiger partial charge in [-0.25, -0.2) is 0 Å². The Balaban J connectivity index is 1.12. The van der Waals surface area contributed by atoms with Gasteiger partial charge in [0, 0.05) is 5.02 Å². The fourth-order valence-electron chi connectivity index (χ4n) is 6.79. The molecule has 4 saturated carbocycles. The van der Waals surface area contributed by atoms with Crippen LogP contribution in [0.4, 0.5) is 0 Å². The van der Waals surface area contributed by atoms with Crippen molar-refractivity contribution in [1.29, 1.82) is 0 Å². The summed E-state index contributed by atoms with van der Waals surface area (Å²) in [6.45, 7) is 0.414. The first-order valence-corrected chi connectivity index (χ1v) is 14.9. The predicted octanol–water partition coefficient (Wildman–Crippen LogP) is 7.13. The van der Waals surface area contributed by atoms with Gasteiger partial charge in [-0.1, -0.05) is 41.6 Å². The third kappa shape index (κ3) is 5.10. The number of thiocarbonyl (C=S) groups is 1. The van der Waals surface area contributed by atoms with Crippen LogP contribution in [-0.2, 0) is 16.2 Å². The molecule has 2 aromatic rings. The zero-order chi connectivity index (χ0) is 25.7. The van der Waals surface area contributed by atoms with Gasteiger partial charge in [-0.15, -0.1) is 0 Å². The zero-order valence-corrected chi connectivity index (χ0v) is 24.0. The molecule has 0 aromatic heterocycles. The van der Waals surface area contributed by atoms with Crippen LogP contribution in [-0.4, -0.2) is 21.1 Å². The van der Waals surface area contributed by atoms with Crippen molar-refractivity contribution >= 4 is 73.7 Å². The Kier molecular flexibility index (Phi) is 6.88. The van der Waals surface area contributed by atoms with Crippen LogP contribution in [0.1, 0.15) is 49.7 Å². The lowest BCUT2D eigenvalue weighted by Gasteiger charge is -2.55. The number of benzene rings is 2. The summed E-state index contributed by atoms with van der Waals surface area (Å²) >= 11 is 16.2. The van der Waals surface area contributed by atoms with Crippen molar-refractivity contribution in [1.82, 2.24) is 10.4 Å². The van der Waals surface area contributed by atoms with Gasteiger partial charge in [-0.05, 0) is 126 Å². The Hall–Kier alpha value is -1.87. The van der Waals surface area contributed by atoms with Crippen molar-refractivity contribution in [3.8, 4) is 5.75 Å². The highest BCUT2D eigenvalue weighted by Gasteiger charge is 2.55. The molecule has 1 saturated heterocycles. The summed E-state index contributed by atoms with van der Waals surface area (Å²) < 4.78 is 7.06. The molecule has 5 aliphatic rings. The van der Waals surface area contributed by atoms with Gasteiger partial charge in [-0.2, -0.15) is 5.01 Å². The summed E-state index contributed by atoms with van der Waals surface area (Å²) in [5.41, 5.74) is 4.42. The molecule has 1 heterocycles. The first-order valence-electron chi connectivity index (χ1n) is 12.5. The van der Waals surface area contributed by atoms with Crippen LogP contribution in [0.3, 0.4) is 0 Å². The third-order valence-electron chi connectivity index (χ3n) is 8.09. The molecule has 37 heavy (non-hydrogen) atoms. The van der Waals surface area contributed by atoms with E-state index in [4.69, 9.17) is 28.6 Å². The van der Waals surface area contributed by atoms with E-state index in [1.165, 1.54) is 36.0 Å². The standard InChI is InChI=1S/C28H26BrClN2O3S2/c29-22-10-17(3-6-23(22)35-15-16-1-4-21(30)5-2-16)11-24-25(33)32(27(36)37-24)31-26(34)28-12-18-7-19(13-28)9-20(8-18)14-28/h1-6,10-11,18-20H,7-9,12-15H2,(H,31,34)/b24-11+. The Morgan fingerprint density at radius 3 is 2.41 bits per heavy atom. The summed E-state index contributed by atoms with van der Waals surface area (Å²) in [5, 5.41) is 1.96. The Morgan fingerprint density at radius 1 is 1.14 bits per heavy atom. The van der Waals surface area contributed by atoms with E-state index in [1.807, 2.05) is 42.5 Å². The summed E-state index contributed by atoms with van der Waals surface area (Å²) in [5.74, 6) is 2.34. The van der Waals surface area contributed by atoms with E-state index in [0.717, 1.165) is 34.9 Å². The van der Waals surface area contributed by atoms with Gasteiger partial charge < -0.3 is 4.74 Å². The van der Waals surface area contributed by atoms with E-state index in [0.29, 0.717) is 44.4 Å². The number of carbonyl (C=O) groups is 2. The molecule has 2 aromatic carbocycles. The average molecular weight is 618 g/mol. The monoisotopic (exact) mass is 616 g/mol. The van der Waals surface area contributed by atoms with Crippen molar-refractivity contribution in [3.63, 3.8) is 0 Å². The zero-order valence-electron chi connectivity index (χ0n) is 20.0. The highest BCUT2D eigenvalue weighted by Crippen LogP contribution is 2.60. The Morgan fingerprint density at radius 2 is 1.78 bits per heavy atom. The van der Waals surface area contributed by atoms with Crippen molar-refractivity contribution in [2.45, 2.75) is 45.1 Å². The quantitative estimate of drug-likeness (QED) is 0.276. The van der Waals surface area contributed by atoms with E-state index in [-0.39, 0.29) is 17.2 Å². The van der Waals surface area contributed by atoms with Crippen molar-refractivity contribution in [3.05, 3.63) is 68.0 Å². The van der Waals surface area contributed by atoms with E-state index in [2.05, 4.69) is 21.4 Å². The molecule has 192 valence electrons. The van der Waals surface area contributed by atoms with Gasteiger partial charge in [0.2, 0.25) is 5.91 Å². The van der Waals surface area contributed by atoms with Crippen LogP contribution >= 0.6 is 51.5 Å². The Labute approximate surface area is 239 Å². The summed E-state index contributed by atoms with van der Waals surface area (Å²) in [7, 11) is 0. The second kappa shape index (κ2) is 10.0. The summed E-state index contributed by atoms with van der Waals surface area (Å²) in [6.07, 6.45) is 8.40. The van der Waals surface area contributed by atoms with Crippen LogP contribution in [0.15, 0.2) is 51.8 Å². The van der Waals surface area contributed by atoms with E-state index in [9.17, 15) is 9.59 Å². The normalized spacial score (nSPS) is 29.3. The molecule has 1 aliphatic heterocycles. The number of nitrogens with one attached hydrogen (secondary N) is 1. The molecule has 7 rings (SSSR count). The smallest absolute Gasteiger partial charge is 0.285 e. The molecule has 1 N–H and O–H groups in total. The number of hydrazine groups is 1. The fraction of sp³-hybridized carbons (Fsp3) is 0.393. The van der Waals surface area contributed by atoms with Gasteiger partial charge in [0.25, 0.3) is 5.91 Å². The minimum absolute atomic E-state index is 0.0333. The van der Waals surface area contributed by atoms with Crippen LogP contribution in [0, 0.1) is 23.2 Å². The summed E-state index contributed by atoms with van der Waals surface area (Å²) in [4.78, 5) is 27.1. The van der Waals surface area contributed by atoms with Crippen molar-refractivity contribution in [2.75, 3.05) is 0 Å². The Bertz CT molecular complexity index is 1280. The molecule has 0 spiro atoms. The van der Waals surface area contributed by atoms with Gasteiger partial charge in [-0.3, -0.25) is 15.0 Å². The average Bonchev–Trinajstić information content (AvgIpc) is 3.11. The van der Waals surface area contributed by atoms with Gasteiger partial charge in [0.15, 0.2) is 4.32 Å². The molecule has 0 atom stereocenters. The van der Waals surface area contributed by atoms with Gasteiger partial charge in [0.1, 0.15) is 12.4 Å². The maximum atomic E-state index is 13.5. The minimum atomic E-state index is -0.339. The van der Waals surface area contributed by atoms with Crippen LogP contribution < -0.4 is 10.2 Å². The first kappa shape index (κ1) is 25.4. The second-order valence-corrected chi connectivity index (χ2v) is 13.7. The van der Waals surface area contributed by atoms with E-state index >= 15 is 0 Å². The molecule has 0 radical (unpaired) electrons. The van der Waals surface area contributed by atoms with Crippen LogP contribution in [0.25, 0.3) is 6.08 Å². The molecular weight excluding hydrogens is 592 g/mol. The number of hydrogen-bond donors (Lipinski definition) is 1. The first-order chi connectivity index (χ1) is 17.8. The molecular formula is C28H26BrClN2O3S2. The highest BCUT2D eigenvalue weighted by atomic mass is 79.9. The SMILES string of the molecule is O=C1/C(=C\c2ccc(OCc3ccc(Cl)cc3)c(Br)c2)SC(=S)N1NC(=O)C12CC3CC(CC(C3)C1)C2. The number of halogens is 2. The fourth-order valence-corrected chi connectivity index (χ4v) is 8.61. The molecule has 4 bridgehead atoms. The third-order valence-corrected chi connectivity index (χ3v) is 10.3. The number of rotatable bonds is 6. The van der Waals surface area contributed by atoms with Crippen LogP contribution in [0.5, 0.6) is 5.75 Å². The molecule has 5 fully saturated rings. The van der Waals surface area contributed by atoms with Crippen molar-refractivity contribution in [2.24, 2.45) is 23.2 Å². The molecule has 4 aliphatic carbocycles.